The maximum atomic E-state index is 12.6. The minimum Gasteiger partial charge on any atom is -0.497 e. The van der Waals surface area contributed by atoms with E-state index in [0.717, 1.165) is 52.7 Å². The molecule has 0 fully saturated rings. The largest absolute Gasteiger partial charge is 0.497 e. The smallest absolute Gasteiger partial charge is 0.244 e. The van der Waals surface area contributed by atoms with Gasteiger partial charge in [0, 0.05) is 40.8 Å². The van der Waals surface area contributed by atoms with E-state index in [4.69, 9.17) is 18.6 Å². The molecule has 6 heteroatoms. The molecular formula is C29H33NO5. The van der Waals surface area contributed by atoms with Gasteiger partial charge in [-0.2, -0.15) is 0 Å². The molecule has 0 spiro atoms. The van der Waals surface area contributed by atoms with Gasteiger partial charge in [0.15, 0.2) is 0 Å². The molecule has 4 rings (SSSR count). The molecule has 6 nitrogen and oxygen atoms in total. The lowest BCUT2D eigenvalue weighted by molar-refractivity contribution is -0.116. The highest BCUT2D eigenvalue weighted by Gasteiger charge is 2.18. The Balaban J connectivity index is 1.62. The van der Waals surface area contributed by atoms with Gasteiger partial charge in [-0.1, -0.05) is 11.6 Å². The van der Waals surface area contributed by atoms with Gasteiger partial charge in [-0.3, -0.25) is 4.79 Å². The first-order chi connectivity index (χ1) is 17.0. The van der Waals surface area contributed by atoms with Crippen LogP contribution in [-0.2, 0) is 4.79 Å². The molecule has 2 aromatic carbocycles. The van der Waals surface area contributed by atoms with Crippen molar-refractivity contribution in [3.05, 3.63) is 59.9 Å². The van der Waals surface area contributed by atoms with Crippen LogP contribution in [0, 0.1) is 0 Å². The van der Waals surface area contributed by atoms with Gasteiger partial charge < -0.3 is 23.9 Å². The number of nitrogens with one attached hydrogen (secondary N) is 1. The second kappa shape index (κ2) is 11.2. The first-order valence-corrected chi connectivity index (χ1v) is 12.0. The average molecular weight is 476 g/mol. The maximum Gasteiger partial charge on any atom is 0.244 e. The quantitative estimate of drug-likeness (QED) is 0.281. The lowest BCUT2D eigenvalue weighted by Crippen LogP contribution is -2.23. The molecule has 0 unspecified atom stereocenters. The van der Waals surface area contributed by atoms with Crippen LogP contribution in [-0.4, -0.2) is 33.8 Å². The fraction of sp³-hybridized carbons (Fsp3) is 0.345. The zero-order valence-electron chi connectivity index (χ0n) is 20.9. The maximum absolute atomic E-state index is 12.6. The van der Waals surface area contributed by atoms with Crippen molar-refractivity contribution in [3.8, 4) is 28.4 Å². The zero-order chi connectivity index (χ0) is 24.8. The van der Waals surface area contributed by atoms with Crippen LogP contribution in [0.2, 0.25) is 0 Å². The van der Waals surface area contributed by atoms with Crippen molar-refractivity contribution in [1.82, 2.24) is 5.32 Å². The summed E-state index contributed by atoms with van der Waals surface area (Å²) >= 11 is 0. The summed E-state index contributed by atoms with van der Waals surface area (Å²) in [4.78, 5) is 12.6. The van der Waals surface area contributed by atoms with Crippen LogP contribution in [0.15, 0.2) is 58.7 Å². The van der Waals surface area contributed by atoms with Crippen molar-refractivity contribution in [2.75, 3.05) is 27.9 Å². The van der Waals surface area contributed by atoms with Gasteiger partial charge in [-0.15, -0.1) is 0 Å². The number of fused-ring (bicyclic) bond motifs is 1. The lowest BCUT2D eigenvalue weighted by Gasteiger charge is -2.13. The first kappa shape index (κ1) is 24.5. The Hall–Kier alpha value is -3.67. The van der Waals surface area contributed by atoms with E-state index in [1.54, 1.807) is 33.7 Å². The van der Waals surface area contributed by atoms with Crippen LogP contribution < -0.4 is 19.5 Å². The Morgan fingerprint density at radius 1 is 1.03 bits per heavy atom. The highest BCUT2D eigenvalue weighted by atomic mass is 16.5. The Kier molecular flexibility index (Phi) is 7.80. The molecule has 0 atom stereocenters. The second-order valence-corrected chi connectivity index (χ2v) is 8.74. The normalized spacial score (nSPS) is 13.9. The summed E-state index contributed by atoms with van der Waals surface area (Å²) in [5.74, 6) is 1.97. The number of ether oxygens (including phenoxy) is 3. The van der Waals surface area contributed by atoms with Crippen LogP contribution in [0.4, 0.5) is 0 Å². The van der Waals surface area contributed by atoms with E-state index in [2.05, 4.69) is 11.4 Å². The third kappa shape index (κ3) is 5.53. The molecule has 1 aliphatic carbocycles. The molecule has 1 amide bonds. The van der Waals surface area contributed by atoms with E-state index in [-0.39, 0.29) is 5.91 Å². The number of hydrogen-bond donors (Lipinski definition) is 1. The number of allylic oxidation sites excluding steroid dienone is 2. The third-order valence-electron chi connectivity index (χ3n) is 6.50. The molecule has 1 heterocycles. The van der Waals surface area contributed by atoms with Crippen molar-refractivity contribution in [1.29, 1.82) is 0 Å². The van der Waals surface area contributed by atoms with E-state index in [1.165, 1.54) is 18.4 Å². The van der Waals surface area contributed by atoms with Gasteiger partial charge >= 0.3 is 0 Å². The predicted octanol–water partition coefficient (Wildman–Crippen LogP) is 6.54. The number of amides is 1. The second-order valence-electron chi connectivity index (χ2n) is 8.74. The van der Waals surface area contributed by atoms with Crippen molar-refractivity contribution in [3.63, 3.8) is 0 Å². The molecule has 1 aliphatic rings. The fourth-order valence-electron chi connectivity index (χ4n) is 4.57. The van der Waals surface area contributed by atoms with Crippen LogP contribution in [0.3, 0.4) is 0 Å². The van der Waals surface area contributed by atoms with Gasteiger partial charge in [0.2, 0.25) is 5.91 Å². The molecule has 0 saturated carbocycles. The van der Waals surface area contributed by atoms with E-state index in [1.807, 2.05) is 37.3 Å². The topological polar surface area (TPSA) is 69.9 Å². The van der Waals surface area contributed by atoms with Crippen LogP contribution >= 0.6 is 0 Å². The highest BCUT2D eigenvalue weighted by Crippen LogP contribution is 2.41. The number of furan rings is 1. The van der Waals surface area contributed by atoms with Gasteiger partial charge in [0.1, 0.15) is 22.8 Å². The van der Waals surface area contributed by atoms with Gasteiger partial charge in [-0.05, 0) is 68.9 Å². The molecular weight excluding hydrogens is 442 g/mol. The molecule has 3 aromatic rings. The Labute approximate surface area is 206 Å². The van der Waals surface area contributed by atoms with Gasteiger partial charge in [0.05, 0.1) is 27.6 Å². The summed E-state index contributed by atoms with van der Waals surface area (Å²) in [6.07, 6.45) is 11.4. The third-order valence-corrected chi connectivity index (χ3v) is 6.50. The summed E-state index contributed by atoms with van der Waals surface area (Å²) < 4.78 is 22.5. The Morgan fingerprint density at radius 3 is 2.57 bits per heavy atom. The average Bonchev–Trinajstić information content (AvgIpc) is 3.30. The lowest BCUT2D eigenvalue weighted by atomic mass is 9.97. The van der Waals surface area contributed by atoms with Gasteiger partial charge in [0.25, 0.3) is 0 Å². The number of benzene rings is 2. The van der Waals surface area contributed by atoms with Crippen LogP contribution in [0.1, 0.15) is 44.6 Å². The molecule has 1 N–H and O–H groups in total. The number of rotatable bonds is 9. The van der Waals surface area contributed by atoms with Crippen LogP contribution in [0.25, 0.3) is 27.7 Å². The summed E-state index contributed by atoms with van der Waals surface area (Å²) in [6.45, 7) is 2.56. The minimum atomic E-state index is -0.108. The monoisotopic (exact) mass is 475 g/mol. The standard InChI is InChI=1S/C29H33NO5/c1-19(14-29(31)30-13-12-20-8-6-5-7-9-20)22-16-24-25(18-35-28(24)17-27(22)34-4)23-15-21(32-2)10-11-26(23)33-3/h8,10-11,14-18H,5-7,9,12-13H2,1-4H3,(H,30,31)/b19-14+. The Morgan fingerprint density at radius 2 is 1.86 bits per heavy atom. The van der Waals surface area contributed by atoms with E-state index < -0.39 is 0 Å². The number of carbonyl (C=O) groups is 1. The highest BCUT2D eigenvalue weighted by molar-refractivity contribution is 6.01. The van der Waals surface area contributed by atoms with Crippen molar-refractivity contribution in [2.24, 2.45) is 0 Å². The number of methoxy groups -OCH3 is 3. The molecule has 0 saturated heterocycles. The van der Waals surface area contributed by atoms with Crippen molar-refractivity contribution >= 4 is 22.4 Å². The van der Waals surface area contributed by atoms with E-state index in [0.29, 0.717) is 23.6 Å². The first-order valence-electron chi connectivity index (χ1n) is 12.0. The zero-order valence-corrected chi connectivity index (χ0v) is 20.9. The van der Waals surface area contributed by atoms with Crippen LogP contribution in [0.5, 0.6) is 17.2 Å². The van der Waals surface area contributed by atoms with Crippen molar-refractivity contribution < 1.29 is 23.4 Å². The van der Waals surface area contributed by atoms with Gasteiger partial charge in [-0.25, -0.2) is 0 Å². The molecule has 35 heavy (non-hydrogen) atoms. The fourth-order valence-corrected chi connectivity index (χ4v) is 4.57. The molecule has 0 aliphatic heterocycles. The molecule has 184 valence electrons. The SMILES string of the molecule is COc1ccc(OC)c(-c2coc3cc(OC)c(/C(C)=C/C(=O)NCCC4=CCCCC4)cc23)c1. The number of hydrogen-bond acceptors (Lipinski definition) is 5. The van der Waals surface area contributed by atoms with E-state index in [9.17, 15) is 4.79 Å². The predicted molar refractivity (Wildman–Crippen MR) is 139 cm³/mol. The molecule has 0 bridgehead atoms. The summed E-state index contributed by atoms with van der Waals surface area (Å²) in [5.41, 5.74) is 5.50. The minimum absolute atomic E-state index is 0.108. The summed E-state index contributed by atoms with van der Waals surface area (Å²) in [5, 5.41) is 3.91. The summed E-state index contributed by atoms with van der Waals surface area (Å²) in [6, 6.07) is 9.50. The number of carbonyl (C=O) groups excluding carboxylic acids is 1. The van der Waals surface area contributed by atoms with E-state index >= 15 is 0 Å². The summed E-state index contributed by atoms with van der Waals surface area (Å²) in [7, 11) is 4.89. The van der Waals surface area contributed by atoms with Crippen molar-refractivity contribution in [2.45, 2.75) is 39.0 Å². The Bertz CT molecular complexity index is 1270. The molecule has 0 radical (unpaired) electrons. The molecule has 1 aromatic heterocycles.